The first-order valence-corrected chi connectivity index (χ1v) is 9.23. The summed E-state index contributed by atoms with van der Waals surface area (Å²) >= 11 is 1.66. The minimum atomic E-state index is -1.00. The third-order valence-corrected chi connectivity index (χ3v) is 5.71. The highest BCUT2D eigenvalue weighted by molar-refractivity contribution is 8.03. The largest absolute Gasteiger partial charge is 0.477 e. The van der Waals surface area contributed by atoms with Crippen molar-refractivity contribution in [1.29, 1.82) is 0 Å². The van der Waals surface area contributed by atoms with E-state index in [1.165, 1.54) is 9.81 Å². The summed E-state index contributed by atoms with van der Waals surface area (Å²) in [6.07, 6.45) is 10.4. The maximum absolute atomic E-state index is 12.1. The van der Waals surface area contributed by atoms with E-state index in [1.54, 1.807) is 11.8 Å². The molecule has 1 amide bonds. The van der Waals surface area contributed by atoms with Crippen LogP contribution in [0.5, 0.6) is 0 Å². The maximum Gasteiger partial charge on any atom is 0.352 e. The smallest absolute Gasteiger partial charge is 0.352 e. The number of likely N-dealkylation sites (tertiary alicyclic amines) is 1. The van der Waals surface area contributed by atoms with E-state index in [0.29, 0.717) is 12.2 Å². The number of nitrogens with zero attached hydrogens (tertiary/aromatic N) is 1. The molecule has 0 radical (unpaired) electrons. The van der Waals surface area contributed by atoms with Crippen LogP contribution in [-0.4, -0.2) is 33.7 Å². The maximum atomic E-state index is 12.1. The van der Waals surface area contributed by atoms with Crippen molar-refractivity contribution in [3.8, 4) is 0 Å². The van der Waals surface area contributed by atoms with Crippen LogP contribution < -0.4 is 0 Å². The number of carboxylic acids is 1. The SMILES string of the molecule is CC/C(CSC1=CCCCC=C1)=C(/C(=O)O)N1C(=O)[C@@H](C)[C@H]1C. The van der Waals surface area contributed by atoms with Gasteiger partial charge in [-0.2, -0.15) is 0 Å². The molecule has 0 unspecified atom stereocenters. The Morgan fingerprint density at radius 3 is 2.74 bits per heavy atom. The minimum absolute atomic E-state index is 0.0443. The van der Waals surface area contributed by atoms with Gasteiger partial charge in [-0.15, -0.1) is 11.8 Å². The van der Waals surface area contributed by atoms with Crippen molar-refractivity contribution in [3.63, 3.8) is 0 Å². The number of amides is 1. The second-order valence-electron chi connectivity index (χ2n) is 6.08. The summed E-state index contributed by atoms with van der Waals surface area (Å²) in [7, 11) is 0. The topological polar surface area (TPSA) is 57.6 Å². The lowest BCUT2D eigenvalue weighted by Gasteiger charge is -2.44. The van der Waals surface area contributed by atoms with E-state index >= 15 is 0 Å². The number of allylic oxidation sites excluding steroid dienone is 3. The van der Waals surface area contributed by atoms with Gasteiger partial charge in [0.25, 0.3) is 0 Å². The van der Waals surface area contributed by atoms with Crippen molar-refractivity contribution in [2.75, 3.05) is 5.75 Å². The van der Waals surface area contributed by atoms with E-state index < -0.39 is 5.97 Å². The highest BCUT2D eigenvalue weighted by Crippen LogP contribution is 2.34. The van der Waals surface area contributed by atoms with Crippen molar-refractivity contribution in [2.45, 2.75) is 52.5 Å². The molecule has 2 rings (SSSR count). The summed E-state index contributed by atoms with van der Waals surface area (Å²) < 4.78 is 0. The molecular weight excluding hydrogens is 310 g/mol. The highest BCUT2D eigenvalue weighted by Gasteiger charge is 2.45. The summed E-state index contributed by atoms with van der Waals surface area (Å²) in [6, 6.07) is -0.0443. The predicted octanol–water partition coefficient (Wildman–Crippen LogP) is 3.96. The van der Waals surface area contributed by atoms with Crippen LogP contribution in [0.2, 0.25) is 0 Å². The molecule has 1 heterocycles. The zero-order chi connectivity index (χ0) is 17.0. The average Bonchev–Trinajstić information content (AvgIpc) is 2.81. The lowest BCUT2D eigenvalue weighted by atomic mass is 9.89. The van der Waals surface area contributed by atoms with Crippen LogP contribution in [0.25, 0.3) is 0 Å². The molecule has 2 aliphatic rings. The molecule has 0 bridgehead atoms. The number of aliphatic carboxylic acids is 1. The van der Waals surface area contributed by atoms with Gasteiger partial charge in [0.15, 0.2) is 0 Å². The zero-order valence-electron chi connectivity index (χ0n) is 14.0. The van der Waals surface area contributed by atoms with Gasteiger partial charge in [0.05, 0.1) is 5.92 Å². The van der Waals surface area contributed by atoms with E-state index in [0.717, 1.165) is 24.8 Å². The van der Waals surface area contributed by atoms with Crippen LogP contribution in [-0.2, 0) is 9.59 Å². The number of carbonyl (C=O) groups is 2. The quantitative estimate of drug-likeness (QED) is 0.589. The first kappa shape index (κ1) is 17.9. The van der Waals surface area contributed by atoms with Crippen molar-refractivity contribution < 1.29 is 14.7 Å². The molecule has 1 aliphatic heterocycles. The molecule has 1 aliphatic carbocycles. The number of β-lactam (4-membered cyclic amide) rings is 1. The van der Waals surface area contributed by atoms with Gasteiger partial charge in [0, 0.05) is 16.7 Å². The van der Waals surface area contributed by atoms with Crippen molar-refractivity contribution in [1.82, 2.24) is 4.90 Å². The van der Waals surface area contributed by atoms with Gasteiger partial charge in [-0.3, -0.25) is 4.79 Å². The first-order chi connectivity index (χ1) is 11.0. The first-order valence-electron chi connectivity index (χ1n) is 8.25. The molecular formula is C18H25NO3S. The number of hydrogen-bond acceptors (Lipinski definition) is 3. The van der Waals surface area contributed by atoms with Crippen LogP contribution >= 0.6 is 11.8 Å². The van der Waals surface area contributed by atoms with E-state index in [9.17, 15) is 14.7 Å². The Hall–Kier alpha value is -1.49. The second kappa shape index (κ2) is 7.86. The molecule has 0 aromatic rings. The molecule has 0 aromatic heterocycles. The van der Waals surface area contributed by atoms with Crippen LogP contribution in [0.15, 0.2) is 34.4 Å². The summed E-state index contributed by atoms with van der Waals surface area (Å²) in [5.74, 6) is -0.568. The van der Waals surface area contributed by atoms with Gasteiger partial charge < -0.3 is 10.0 Å². The number of thioether (sulfide) groups is 1. The molecule has 0 saturated carbocycles. The molecule has 5 heteroatoms. The van der Waals surface area contributed by atoms with Gasteiger partial charge in [-0.1, -0.05) is 32.1 Å². The standard InChI is InChI=1S/C18H25NO3S/c1-4-14(11-23-15-9-7-5-6-8-10-15)16(18(21)22)19-13(3)12(2)17(19)20/h7,9-10,12-13H,4-6,8,11H2,1-3H3,(H,21,22)/b16-14+/t12-,13+/m0/s1. The predicted molar refractivity (Wildman–Crippen MR) is 94.0 cm³/mol. The molecule has 0 aromatic carbocycles. The van der Waals surface area contributed by atoms with Crippen molar-refractivity contribution >= 4 is 23.6 Å². The average molecular weight is 335 g/mol. The fourth-order valence-corrected chi connectivity index (χ4v) is 3.98. The van der Waals surface area contributed by atoms with Crippen molar-refractivity contribution in [2.24, 2.45) is 5.92 Å². The molecule has 1 N–H and O–H groups in total. The van der Waals surface area contributed by atoms with E-state index in [1.807, 2.05) is 20.8 Å². The minimum Gasteiger partial charge on any atom is -0.477 e. The Morgan fingerprint density at radius 1 is 1.39 bits per heavy atom. The lowest BCUT2D eigenvalue weighted by molar-refractivity contribution is -0.155. The molecule has 23 heavy (non-hydrogen) atoms. The molecule has 126 valence electrons. The number of carboxylic acid groups (broad SMARTS) is 1. The van der Waals surface area contributed by atoms with Gasteiger partial charge in [-0.05, 0) is 38.2 Å². The Bertz CT molecular complexity index is 577. The number of rotatable bonds is 6. The van der Waals surface area contributed by atoms with Crippen LogP contribution in [0.1, 0.15) is 46.5 Å². The fourth-order valence-electron chi connectivity index (χ4n) is 2.87. The molecule has 2 atom stereocenters. The van der Waals surface area contributed by atoms with Crippen LogP contribution in [0.4, 0.5) is 0 Å². The monoisotopic (exact) mass is 335 g/mol. The lowest BCUT2D eigenvalue weighted by Crippen LogP contribution is -2.58. The molecule has 0 spiro atoms. The zero-order valence-corrected chi connectivity index (χ0v) is 14.9. The van der Waals surface area contributed by atoms with Gasteiger partial charge in [0.1, 0.15) is 5.70 Å². The molecule has 1 saturated heterocycles. The Labute approximate surface area is 142 Å². The highest BCUT2D eigenvalue weighted by atomic mass is 32.2. The van der Waals surface area contributed by atoms with Crippen LogP contribution in [0.3, 0.4) is 0 Å². The van der Waals surface area contributed by atoms with E-state index in [2.05, 4.69) is 18.2 Å². The Kier molecular flexibility index (Phi) is 6.10. The third-order valence-electron chi connectivity index (χ3n) is 4.58. The number of hydrogen-bond donors (Lipinski definition) is 1. The van der Waals surface area contributed by atoms with E-state index in [4.69, 9.17) is 0 Å². The van der Waals surface area contributed by atoms with E-state index in [-0.39, 0.29) is 23.6 Å². The second-order valence-corrected chi connectivity index (χ2v) is 7.13. The fraction of sp³-hybridized carbons (Fsp3) is 0.556. The normalized spacial score (nSPS) is 25.4. The third kappa shape index (κ3) is 3.89. The van der Waals surface area contributed by atoms with Crippen LogP contribution in [0, 0.1) is 5.92 Å². The number of carbonyl (C=O) groups excluding carboxylic acids is 1. The van der Waals surface area contributed by atoms with Gasteiger partial charge >= 0.3 is 5.97 Å². The summed E-state index contributed by atoms with van der Waals surface area (Å²) in [5.41, 5.74) is 1.02. The van der Waals surface area contributed by atoms with Gasteiger partial charge in [-0.25, -0.2) is 4.79 Å². The summed E-state index contributed by atoms with van der Waals surface area (Å²) in [4.78, 5) is 26.5. The van der Waals surface area contributed by atoms with Crippen molar-refractivity contribution in [3.05, 3.63) is 34.4 Å². The summed E-state index contributed by atoms with van der Waals surface area (Å²) in [6.45, 7) is 5.71. The molecule has 1 fully saturated rings. The Balaban J connectivity index is 2.19. The molecule has 4 nitrogen and oxygen atoms in total. The van der Waals surface area contributed by atoms with Gasteiger partial charge in [0.2, 0.25) is 5.91 Å². The summed E-state index contributed by atoms with van der Waals surface area (Å²) in [5, 5.41) is 9.62. The Morgan fingerprint density at radius 2 is 2.13 bits per heavy atom.